The second-order valence-electron chi connectivity index (χ2n) is 6.66. The average Bonchev–Trinajstić information content (AvgIpc) is 2.99. The minimum absolute atomic E-state index is 0.0532. The zero-order valence-electron chi connectivity index (χ0n) is 14.1. The minimum atomic E-state index is -0.694. The quantitative estimate of drug-likeness (QED) is 0.661. The summed E-state index contributed by atoms with van der Waals surface area (Å²) in [5.41, 5.74) is 1.26. The maximum absolute atomic E-state index is 12.9. The average molecular weight is 354 g/mol. The Kier molecular flexibility index (Phi) is 3.88. The number of rotatable bonds is 2. The summed E-state index contributed by atoms with van der Waals surface area (Å²) in [6.45, 7) is 1.13. The van der Waals surface area contributed by atoms with Gasteiger partial charge >= 0.3 is 5.69 Å². The van der Waals surface area contributed by atoms with Gasteiger partial charge in [0.2, 0.25) is 5.75 Å². The zero-order valence-corrected chi connectivity index (χ0v) is 14.1. The predicted molar refractivity (Wildman–Crippen MR) is 93.1 cm³/mol. The number of nitro benzene ring substituents is 1. The van der Waals surface area contributed by atoms with Crippen LogP contribution in [0.3, 0.4) is 0 Å². The number of carbonyl (C=O) groups excluding carboxylic acids is 1. The van der Waals surface area contributed by atoms with Gasteiger partial charge < -0.3 is 14.7 Å². The van der Waals surface area contributed by atoms with E-state index in [1.54, 1.807) is 4.90 Å². The Morgan fingerprint density at radius 3 is 2.85 bits per heavy atom. The first-order valence-corrected chi connectivity index (χ1v) is 8.50. The fourth-order valence-corrected chi connectivity index (χ4v) is 3.95. The number of morpholine rings is 1. The highest BCUT2D eigenvalue weighted by Gasteiger charge is 2.44. The smallest absolute Gasteiger partial charge is 0.311 e. The van der Waals surface area contributed by atoms with Crippen LogP contribution in [-0.4, -0.2) is 40.5 Å². The SMILES string of the molecule is O=C(c1cccc([N+](=O)[O-])c1O)N1CCO[C@]2(CCc3ccccc32)C1. The number of para-hydroxylation sites is 1. The molecule has 0 bridgehead atoms. The monoisotopic (exact) mass is 354 g/mol. The van der Waals surface area contributed by atoms with Crippen LogP contribution in [0.25, 0.3) is 0 Å². The standard InChI is InChI=1S/C19H18N2O5/c22-17-14(5-3-7-16(17)21(24)25)18(23)20-10-11-26-19(12-20)9-8-13-4-1-2-6-15(13)19/h1-7,22H,8-12H2/t19-/m1/s1. The summed E-state index contributed by atoms with van der Waals surface area (Å²) in [4.78, 5) is 24.9. The van der Waals surface area contributed by atoms with Crippen molar-refractivity contribution in [3.63, 3.8) is 0 Å². The second-order valence-corrected chi connectivity index (χ2v) is 6.66. The molecule has 26 heavy (non-hydrogen) atoms. The molecule has 1 fully saturated rings. The van der Waals surface area contributed by atoms with Crippen LogP contribution in [0, 0.1) is 10.1 Å². The van der Waals surface area contributed by atoms with Crippen molar-refractivity contribution in [2.75, 3.05) is 19.7 Å². The number of amides is 1. The molecule has 0 aromatic heterocycles. The van der Waals surface area contributed by atoms with Gasteiger partial charge in [0.05, 0.1) is 23.6 Å². The highest BCUT2D eigenvalue weighted by molar-refractivity contribution is 5.98. The summed E-state index contributed by atoms with van der Waals surface area (Å²) in [6, 6.07) is 12.1. The van der Waals surface area contributed by atoms with Crippen LogP contribution < -0.4 is 0 Å². The van der Waals surface area contributed by atoms with Crippen LogP contribution in [0.5, 0.6) is 5.75 Å². The lowest BCUT2D eigenvalue weighted by atomic mass is 9.93. The Morgan fingerprint density at radius 1 is 1.23 bits per heavy atom. The molecule has 0 radical (unpaired) electrons. The fourth-order valence-electron chi connectivity index (χ4n) is 3.95. The molecule has 2 aromatic carbocycles. The van der Waals surface area contributed by atoms with Crippen LogP contribution in [0.15, 0.2) is 42.5 Å². The normalized spacial score (nSPS) is 21.6. The van der Waals surface area contributed by atoms with Crippen molar-refractivity contribution in [2.24, 2.45) is 0 Å². The maximum atomic E-state index is 12.9. The summed E-state index contributed by atoms with van der Waals surface area (Å²) >= 11 is 0. The molecule has 1 saturated heterocycles. The highest BCUT2D eigenvalue weighted by atomic mass is 16.6. The van der Waals surface area contributed by atoms with Gasteiger partial charge in [-0.15, -0.1) is 0 Å². The summed E-state index contributed by atoms with van der Waals surface area (Å²) in [6.07, 6.45) is 1.68. The maximum Gasteiger partial charge on any atom is 0.311 e. The number of ether oxygens (including phenoxy) is 1. The van der Waals surface area contributed by atoms with Crippen LogP contribution in [0.2, 0.25) is 0 Å². The van der Waals surface area contributed by atoms with Gasteiger partial charge in [-0.2, -0.15) is 0 Å². The molecule has 1 aliphatic carbocycles. The minimum Gasteiger partial charge on any atom is -0.502 e. The highest BCUT2D eigenvalue weighted by Crippen LogP contribution is 2.42. The molecule has 2 aliphatic rings. The van der Waals surface area contributed by atoms with Crippen molar-refractivity contribution in [1.82, 2.24) is 4.90 Å². The van der Waals surface area contributed by atoms with Gasteiger partial charge in [0.25, 0.3) is 5.91 Å². The van der Waals surface area contributed by atoms with Crippen LogP contribution in [0.4, 0.5) is 5.69 Å². The molecule has 4 rings (SSSR count). The molecule has 0 unspecified atom stereocenters. The van der Waals surface area contributed by atoms with E-state index in [4.69, 9.17) is 4.74 Å². The molecule has 1 spiro atoms. The van der Waals surface area contributed by atoms with E-state index in [0.29, 0.717) is 19.7 Å². The van der Waals surface area contributed by atoms with Crippen molar-refractivity contribution in [3.05, 3.63) is 69.3 Å². The van der Waals surface area contributed by atoms with Gasteiger partial charge in [0, 0.05) is 12.6 Å². The van der Waals surface area contributed by atoms with Gasteiger partial charge in [0.1, 0.15) is 5.60 Å². The molecule has 1 heterocycles. The largest absolute Gasteiger partial charge is 0.502 e. The Balaban J connectivity index is 1.65. The molecule has 7 nitrogen and oxygen atoms in total. The van der Waals surface area contributed by atoms with E-state index in [-0.39, 0.29) is 5.56 Å². The molecule has 1 N–H and O–H groups in total. The first-order chi connectivity index (χ1) is 12.5. The number of benzene rings is 2. The van der Waals surface area contributed by atoms with Gasteiger partial charge in [-0.05, 0) is 30.0 Å². The van der Waals surface area contributed by atoms with E-state index in [1.165, 1.54) is 23.8 Å². The number of phenols is 1. The van der Waals surface area contributed by atoms with Crippen LogP contribution >= 0.6 is 0 Å². The Bertz CT molecular complexity index is 893. The number of nitrogens with zero attached hydrogens (tertiary/aromatic N) is 2. The number of aryl methyl sites for hydroxylation is 1. The number of hydrogen-bond acceptors (Lipinski definition) is 5. The number of carbonyl (C=O) groups is 1. The Labute approximate surface area is 150 Å². The van der Waals surface area contributed by atoms with Crippen LogP contribution in [0.1, 0.15) is 27.9 Å². The third-order valence-electron chi connectivity index (χ3n) is 5.22. The van der Waals surface area contributed by atoms with E-state index >= 15 is 0 Å². The number of hydrogen-bond donors (Lipinski definition) is 1. The van der Waals surface area contributed by atoms with Crippen LogP contribution in [-0.2, 0) is 16.8 Å². The van der Waals surface area contributed by atoms with Gasteiger partial charge in [-0.1, -0.05) is 30.3 Å². The van der Waals surface area contributed by atoms with Crippen molar-refractivity contribution < 1.29 is 19.6 Å². The van der Waals surface area contributed by atoms with E-state index in [9.17, 15) is 20.0 Å². The molecular weight excluding hydrogens is 336 g/mol. The first-order valence-electron chi connectivity index (χ1n) is 8.50. The van der Waals surface area contributed by atoms with E-state index < -0.39 is 27.9 Å². The number of fused-ring (bicyclic) bond motifs is 2. The summed E-state index contributed by atoms with van der Waals surface area (Å²) < 4.78 is 6.10. The lowest BCUT2D eigenvalue weighted by molar-refractivity contribution is -0.385. The lowest BCUT2D eigenvalue weighted by Crippen LogP contribution is -2.51. The third-order valence-corrected chi connectivity index (χ3v) is 5.22. The van der Waals surface area contributed by atoms with E-state index in [1.807, 2.05) is 18.2 Å². The first kappa shape index (κ1) is 16.5. The summed E-state index contributed by atoms with van der Waals surface area (Å²) in [7, 11) is 0. The van der Waals surface area contributed by atoms with Crippen molar-refractivity contribution in [2.45, 2.75) is 18.4 Å². The topological polar surface area (TPSA) is 92.9 Å². The van der Waals surface area contributed by atoms with Crippen molar-refractivity contribution in [3.8, 4) is 5.75 Å². The van der Waals surface area contributed by atoms with E-state index in [0.717, 1.165) is 18.4 Å². The van der Waals surface area contributed by atoms with Gasteiger partial charge in [0.15, 0.2) is 0 Å². The van der Waals surface area contributed by atoms with Crippen molar-refractivity contribution in [1.29, 1.82) is 0 Å². The van der Waals surface area contributed by atoms with Crippen molar-refractivity contribution >= 4 is 11.6 Å². The van der Waals surface area contributed by atoms with Gasteiger partial charge in [-0.25, -0.2) is 0 Å². The summed E-state index contributed by atoms with van der Waals surface area (Å²) in [5.74, 6) is -1.01. The lowest BCUT2D eigenvalue weighted by Gasteiger charge is -2.41. The molecule has 134 valence electrons. The molecule has 0 saturated carbocycles. The third kappa shape index (κ3) is 2.52. The van der Waals surface area contributed by atoms with E-state index in [2.05, 4.69) is 6.07 Å². The molecule has 7 heteroatoms. The Hall–Kier alpha value is -2.93. The molecule has 1 amide bonds. The number of nitro groups is 1. The second kappa shape index (κ2) is 6.10. The molecule has 1 aliphatic heterocycles. The Morgan fingerprint density at radius 2 is 2.04 bits per heavy atom. The summed E-state index contributed by atoms with van der Waals surface area (Å²) in [5, 5.41) is 21.2. The molecular formula is C19H18N2O5. The zero-order chi connectivity index (χ0) is 18.3. The number of phenolic OH excluding ortho intramolecular Hbond substituents is 1. The molecule has 2 aromatic rings. The van der Waals surface area contributed by atoms with Gasteiger partial charge in [-0.3, -0.25) is 14.9 Å². The predicted octanol–water partition coefficient (Wildman–Crippen LogP) is 2.61. The molecule has 1 atom stereocenters. The number of aromatic hydroxyl groups is 1. The fraction of sp³-hybridized carbons (Fsp3) is 0.316.